The zero-order valence-corrected chi connectivity index (χ0v) is 11.3. The van der Waals surface area contributed by atoms with E-state index >= 15 is 0 Å². The van der Waals surface area contributed by atoms with Crippen LogP contribution in [0.4, 0.5) is 4.79 Å². The number of carbonyl (C=O) groups excluding carboxylic acids is 3. The minimum absolute atomic E-state index is 0.116. The number of halogens is 2. The highest BCUT2D eigenvalue weighted by Gasteiger charge is 2.13. The molecule has 0 saturated heterocycles. The molecule has 2 N–H and O–H groups in total. The first-order valence-corrected chi connectivity index (χ1v) is 5.82. The molecule has 0 aliphatic heterocycles. The number of nitrogens with one attached hydrogen (secondary N) is 2. The van der Waals surface area contributed by atoms with Gasteiger partial charge in [0, 0.05) is 17.1 Å². The van der Waals surface area contributed by atoms with Gasteiger partial charge in [-0.2, -0.15) is 0 Å². The van der Waals surface area contributed by atoms with Crippen molar-refractivity contribution < 1.29 is 19.1 Å². The van der Waals surface area contributed by atoms with Crippen molar-refractivity contribution in [1.82, 2.24) is 10.6 Å². The van der Waals surface area contributed by atoms with Gasteiger partial charge in [0.05, 0.1) is 5.56 Å². The number of benzene rings is 1. The molecule has 0 aliphatic rings. The van der Waals surface area contributed by atoms with Crippen molar-refractivity contribution in [2.75, 3.05) is 13.7 Å². The number of ether oxygens (including phenoxy) is 1. The molecule has 0 unspecified atom stereocenters. The quantitative estimate of drug-likeness (QED) is 0.831. The smallest absolute Gasteiger partial charge is 0.338 e. The number of esters is 1. The second kappa shape index (κ2) is 6.96. The third kappa shape index (κ3) is 5.15. The van der Waals surface area contributed by atoms with E-state index in [0.717, 1.165) is 0 Å². The van der Waals surface area contributed by atoms with Gasteiger partial charge in [-0.3, -0.25) is 10.1 Å². The molecule has 0 bridgehead atoms. The molecule has 1 aromatic rings. The van der Waals surface area contributed by atoms with E-state index in [-0.39, 0.29) is 15.6 Å². The van der Waals surface area contributed by atoms with Gasteiger partial charge >= 0.3 is 12.0 Å². The van der Waals surface area contributed by atoms with Crippen molar-refractivity contribution in [3.8, 4) is 0 Å². The molecule has 0 aromatic heterocycles. The predicted molar refractivity (Wildman–Crippen MR) is 69.3 cm³/mol. The topological polar surface area (TPSA) is 84.5 Å². The molecular formula is C11H10Cl2N2O4. The molecule has 0 radical (unpaired) electrons. The van der Waals surface area contributed by atoms with Crippen LogP contribution in [0.25, 0.3) is 0 Å². The average Bonchev–Trinajstić information content (AvgIpc) is 2.34. The summed E-state index contributed by atoms with van der Waals surface area (Å²) in [4.78, 5) is 33.6. The number of imide groups is 1. The van der Waals surface area contributed by atoms with Crippen LogP contribution >= 0.6 is 23.2 Å². The summed E-state index contributed by atoms with van der Waals surface area (Å²) in [5.41, 5.74) is 0.116. The van der Waals surface area contributed by atoms with E-state index in [1.54, 1.807) is 0 Å². The number of carbonyl (C=O) groups is 3. The van der Waals surface area contributed by atoms with Crippen molar-refractivity contribution in [2.24, 2.45) is 0 Å². The minimum Gasteiger partial charge on any atom is -0.452 e. The third-order valence-electron chi connectivity index (χ3n) is 1.91. The Balaban J connectivity index is 2.56. The lowest BCUT2D eigenvalue weighted by atomic mass is 10.2. The van der Waals surface area contributed by atoms with Crippen LogP contribution in [0.5, 0.6) is 0 Å². The number of urea groups is 1. The van der Waals surface area contributed by atoms with Gasteiger partial charge in [0.2, 0.25) is 0 Å². The lowest BCUT2D eigenvalue weighted by molar-refractivity contribution is -0.123. The summed E-state index contributed by atoms with van der Waals surface area (Å²) < 4.78 is 4.70. The van der Waals surface area contributed by atoms with Crippen molar-refractivity contribution in [2.45, 2.75) is 0 Å². The molecule has 0 fully saturated rings. The molecule has 0 heterocycles. The van der Waals surface area contributed by atoms with Crippen molar-refractivity contribution in [1.29, 1.82) is 0 Å². The first kappa shape index (κ1) is 15.3. The van der Waals surface area contributed by atoms with E-state index in [1.807, 2.05) is 5.32 Å². The van der Waals surface area contributed by atoms with Crippen LogP contribution in [-0.4, -0.2) is 31.6 Å². The number of amides is 3. The highest BCUT2D eigenvalue weighted by molar-refractivity contribution is 6.35. The summed E-state index contributed by atoms with van der Waals surface area (Å²) >= 11 is 11.4. The normalized spacial score (nSPS) is 9.63. The number of hydrogen-bond acceptors (Lipinski definition) is 4. The van der Waals surface area contributed by atoms with Crippen LogP contribution in [0, 0.1) is 0 Å². The molecule has 8 heteroatoms. The molecule has 6 nitrogen and oxygen atoms in total. The van der Waals surface area contributed by atoms with Crippen LogP contribution in [0.1, 0.15) is 10.4 Å². The standard InChI is InChI=1S/C11H10Cl2N2O4/c1-14-11(18)15-9(16)5-19-10(17)6-2-7(12)4-8(13)3-6/h2-4H,5H2,1H3,(H2,14,15,16,18). The van der Waals surface area contributed by atoms with Crippen molar-refractivity contribution in [3.63, 3.8) is 0 Å². The van der Waals surface area contributed by atoms with E-state index in [4.69, 9.17) is 27.9 Å². The SMILES string of the molecule is CNC(=O)NC(=O)COC(=O)c1cc(Cl)cc(Cl)c1. The Labute approximate surface area is 119 Å². The van der Waals surface area contributed by atoms with E-state index < -0.39 is 24.5 Å². The zero-order chi connectivity index (χ0) is 14.4. The first-order valence-electron chi connectivity index (χ1n) is 5.07. The predicted octanol–water partition coefficient (Wildman–Crippen LogP) is 1.61. The lowest BCUT2D eigenvalue weighted by Crippen LogP contribution is -2.39. The Morgan fingerprint density at radius 2 is 1.74 bits per heavy atom. The van der Waals surface area contributed by atoms with Gasteiger partial charge in [-0.05, 0) is 18.2 Å². The van der Waals surface area contributed by atoms with E-state index in [9.17, 15) is 14.4 Å². The highest BCUT2D eigenvalue weighted by Crippen LogP contribution is 2.19. The van der Waals surface area contributed by atoms with Gasteiger partial charge in [-0.25, -0.2) is 9.59 Å². The summed E-state index contributed by atoms with van der Waals surface area (Å²) in [7, 11) is 1.35. The van der Waals surface area contributed by atoms with Gasteiger partial charge in [0.1, 0.15) is 0 Å². The number of hydrogen-bond donors (Lipinski definition) is 2. The first-order chi connectivity index (χ1) is 8.92. The van der Waals surface area contributed by atoms with Crippen LogP contribution in [0.3, 0.4) is 0 Å². The second-order valence-electron chi connectivity index (χ2n) is 3.36. The lowest BCUT2D eigenvalue weighted by Gasteiger charge is -2.06. The molecule has 1 rings (SSSR count). The minimum atomic E-state index is -0.767. The third-order valence-corrected chi connectivity index (χ3v) is 2.35. The maximum atomic E-state index is 11.6. The highest BCUT2D eigenvalue weighted by atomic mass is 35.5. The fraction of sp³-hybridized carbons (Fsp3) is 0.182. The Bertz CT molecular complexity index is 499. The Kier molecular flexibility index (Phi) is 5.59. The summed E-state index contributed by atoms with van der Waals surface area (Å²) in [5, 5.41) is 4.67. The fourth-order valence-corrected chi connectivity index (χ4v) is 1.64. The van der Waals surface area contributed by atoms with Crippen LogP contribution in [0.2, 0.25) is 10.0 Å². The molecule has 19 heavy (non-hydrogen) atoms. The van der Waals surface area contributed by atoms with E-state index in [1.165, 1.54) is 25.2 Å². The Morgan fingerprint density at radius 3 is 2.26 bits per heavy atom. The fourth-order valence-electron chi connectivity index (χ4n) is 1.11. The monoisotopic (exact) mass is 304 g/mol. The molecular weight excluding hydrogens is 295 g/mol. The Hall–Kier alpha value is -1.79. The molecule has 3 amide bonds. The van der Waals surface area contributed by atoms with E-state index in [2.05, 4.69) is 5.32 Å². The number of rotatable bonds is 3. The van der Waals surface area contributed by atoms with Crippen LogP contribution in [0.15, 0.2) is 18.2 Å². The summed E-state index contributed by atoms with van der Waals surface area (Å²) in [6.45, 7) is -0.587. The van der Waals surface area contributed by atoms with Crippen molar-refractivity contribution in [3.05, 3.63) is 33.8 Å². The Morgan fingerprint density at radius 1 is 1.16 bits per heavy atom. The summed E-state index contributed by atoms with van der Waals surface area (Å²) in [6.07, 6.45) is 0. The van der Waals surface area contributed by atoms with Gasteiger partial charge in [0.15, 0.2) is 6.61 Å². The maximum Gasteiger partial charge on any atom is 0.338 e. The van der Waals surface area contributed by atoms with Gasteiger partial charge in [-0.1, -0.05) is 23.2 Å². The molecule has 0 spiro atoms. The molecule has 0 saturated carbocycles. The van der Waals surface area contributed by atoms with Gasteiger partial charge in [0.25, 0.3) is 5.91 Å². The second-order valence-corrected chi connectivity index (χ2v) is 4.23. The summed E-state index contributed by atoms with van der Waals surface area (Å²) in [5.74, 6) is -1.52. The molecule has 0 aliphatic carbocycles. The zero-order valence-electron chi connectivity index (χ0n) is 9.83. The maximum absolute atomic E-state index is 11.6. The average molecular weight is 305 g/mol. The molecule has 0 atom stereocenters. The van der Waals surface area contributed by atoms with Crippen molar-refractivity contribution >= 4 is 41.1 Å². The van der Waals surface area contributed by atoms with E-state index in [0.29, 0.717) is 0 Å². The largest absolute Gasteiger partial charge is 0.452 e. The molecule has 1 aromatic carbocycles. The molecule has 102 valence electrons. The van der Waals surface area contributed by atoms with Gasteiger partial charge in [-0.15, -0.1) is 0 Å². The van der Waals surface area contributed by atoms with Crippen LogP contribution < -0.4 is 10.6 Å². The van der Waals surface area contributed by atoms with Gasteiger partial charge < -0.3 is 10.1 Å². The summed E-state index contributed by atoms with van der Waals surface area (Å²) in [6, 6.07) is 3.48. The van der Waals surface area contributed by atoms with Crippen LogP contribution in [-0.2, 0) is 9.53 Å².